The number of hydrogen-bond donors (Lipinski definition) is 1. The number of halogens is 2. The van der Waals surface area contributed by atoms with Gasteiger partial charge in [0.2, 0.25) is 0 Å². The van der Waals surface area contributed by atoms with Gasteiger partial charge in [-0.2, -0.15) is 0 Å². The van der Waals surface area contributed by atoms with Gasteiger partial charge < -0.3 is 10.1 Å². The Hall–Kier alpha value is -1.38. The van der Waals surface area contributed by atoms with Crippen molar-refractivity contribution in [3.8, 4) is 5.75 Å². The van der Waals surface area contributed by atoms with E-state index in [-0.39, 0.29) is 6.10 Å². The first-order valence-corrected chi connectivity index (χ1v) is 7.23. The maximum absolute atomic E-state index is 6.09. The third kappa shape index (κ3) is 4.06. The lowest BCUT2D eigenvalue weighted by molar-refractivity contribution is 0.235. The standard InChI is InChI=1S/C16H17Cl2NO/c1-11-7-8-13(9-15(11)18)19-10-12(2)20-16-6-4-3-5-14(16)17/h3-9,12,19H,10H2,1-2H3. The number of nitrogens with one attached hydrogen (secondary N) is 1. The number of aryl methyl sites for hydroxylation is 1. The Labute approximate surface area is 129 Å². The Morgan fingerprint density at radius 3 is 2.55 bits per heavy atom. The van der Waals surface area contributed by atoms with Crippen molar-refractivity contribution in [2.24, 2.45) is 0 Å². The predicted molar refractivity (Wildman–Crippen MR) is 86.2 cm³/mol. The molecule has 4 heteroatoms. The van der Waals surface area contributed by atoms with Crippen LogP contribution < -0.4 is 10.1 Å². The highest BCUT2D eigenvalue weighted by Gasteiger charge is 2.07. The minimum atomic E-state index is -0.00465. The van der Waals surface area contributed by atoms with E-state index in [9.17, 15) is 0 Å². The molecule has 0 aliphatic carbocycles. The molecule has 20 heavy (non-hydrogen) atoms. The second-order valence-corrected chi connectivity index (χ2v) is 5.52. The number of anilines is 1. The lowest BCUT2D eigenvalue weighted by Gasteiger charge is -2.17. The third-order valence-electron chi connectivity index (χ3n) is 2.93. The molecule has 2 rings (SSSR count). The molecule has 0 bridgehead atoms. The lowest BCUT2D eigenvalue weighted by Crippen LogP contribution is -2.22. The molecule has 0 spiro atoms. The molecule has 2 aromatic carbocycles. The van der Waals surface area contributed by atoms with Crippen LogP contribution in [0.5, 0.6) is 5.75 Å². The van der Waals surface area contributed by atoms with E-state index in [4.69, 9.17) is 27.9 Å². The van der Waals surface area contributed by atoms with Crippen molar-refractivity contribution in [2.75, 3.05) is 11.9 Å². The van der Waals surface area contributed by atoms with Crippen molar-refractivity contribution in [3.05, 3.63) is 58.1 Å². The minimum absolute atomic E-state index is 0.00465. The summed E-state index contributed by atoms with van der Waals surface area (Å²) < 4.78 is 5.79. The summed E-state index contributed by atoms with van der Waals surface area (Å²) in [6.07, 6.45) is -0.00465. The van der Waals surface area contributed by atoms with Crippen LogP contribution >= 0.6 is 23.2 Å². The highest BCUT2D eigenvalue weighted by atomic mass is 35.5. The molecular weight excluding hydrogens is 293 g/mol. The average molecular weight is 310 g/mol. The second kappa shape index (κ2) is 6.87. The number of para-hydroxylation sites is 1. The van der Waals surface area contributed by atoms with Crippen molar-refractivity contribution >= 4 is 28.9 Å². The summed E-state index contributed by atoms with van der Waals surface area (Å²) in [7, 11) is 0. The molecule has 2 nitrogen and oxygen atoms in total. The molecule has 1 N–H and O–H groups in total. The Bertz CT molecular complexity index is 586. The van der Waals surface area contributed by atoms with Crippen LogP contribution in [0.15, 0.2) is 42.5 Å². The van der Waals surface area contributed by atoms with Crippen molar-refractivity contribution in [1.82, 2.24) is 0 Å². The summed E-state index contributed by atoms with van der Waals surface area (Å²) >= 11 is 12.2. The SMILES string of the molecule is Cc1ccc(NCC(C)Oc2ccccc2Cl)cc1Cl. The molecular formula is C16H17Cl2NO. The topological polar surface area (TPSA) is 21.3 Å². The molecule has 0 amide bonds. The molecule has 2 aromatic rings. The van der Waals surface area contributed by atoms with Crippen LogP contribution in [0.25, 0.3) is 0 Å². The van der Waals surface area contributed by atoms with Crippen molar-refractivity contribution in [3.63, 3.8) is 0 Å². The van der Waals surface area contributed by atoms with Gasteiger partial charge in [-0.15, -0.1) is 0 Å². The fourth-order valence-corrected chi connectivity index (χ4v) is 2.12. The Balaban J connectivity index is 1.90. The lowest BCUT2D eigenvalue weighted by atomic mass is 10.2. The van der Waals surface area contributed by atoms with Crippen LogP contribution in [0.1, 0.15) is 12.5 Å². The van der Waals surface area contributed by atoms with Gasteiger partial charge in [0.15, 0.2) is 0 Å². The molecule has 1 atom stereocenters. The highest BCUT2D eigenvalue weighted by Crippen LogP contribution is 2.24. The zero-order valence-corrected chi connectivity index (χ0v) is 13.0. The summed E-state index contributed by atoms with van der Waals surface area (Å²) in [6.45, 7) is 4.64. The van der Waals surface area contributed by atoms with Gasteiger partial charge in [0.25, 0.3) is 0 Å². The third-order valence-corrected chi connectivity index (χ3v) is 3.65. The fourth-order valence-electron chi connectivity index (χ4n) is 1.76. The van der Waals surface area contributed by atoms with E-state index in [2.05, 4.69) is 5.32 Å². The molecule has 0 heterocycles. The van der Waals surface area contributed by atoms with E-state index in [1.807, 2.05) is 56.3 Å². The normalized spacial score (nSPS) is 12.0. The first-order chi connectivity index (χ1) is 9.56. The molecule has 0 aliphatic heterocycles. The van der Waals surface area contributed by atoms with E-state index in [0.717, 1.165) is 16.3 Å². The van der Waals surface area contributed by atoms with E-state index < -0.39 is 0 Å². The van der Waals surface area contributed by atoms with Gasteiger partial charge in [0.1, 0.15) is 11.9 Å². The number of rotatable bonds is 5. The summed E-state index contributed by atoms with van der Waals surface area (Å²) in [5, 5.41) is 4.68. The van der Waals surface area contributed by atoms with Gasteiger partial charge in [0, 0.05) is 10.7 Å². The van der Waals surface area contributed by atoms with Crippen LogP contribution in [0.3, 0.4) is 0 Å². The molecule has 1 unspecified atom stereocenters. The molecule has 0 saturated carbocycles. The van der Waals surface area contributed by atoms with Crippen molar-refractivity contribution < 1.29 is 4.74 Å². The largest absolute Gasteiger partial charge is 0.487 e. The smallest absolute Gasteiger partial charge is 0.138 e. The van der Waals surface area contributed by atoms with E-state index >= 15 is 0 Å². The number of ether oxygens (including phenoxy) is 1. The molecule has 106 valence electrons. The fraction of sp³-hybridized carbons (Fsp3) is 0.250. The maximum Gasteiger partial charge on any atom is 0.138 e. The van der Waals surface area contributed by atoms with E-state index in [1.54, 1.807) is 0 Å². The molecule has 0 radical (unpaired) electrons. The zero-order valence-electron chi connectivity index (χ0n) is 11.5. The summed E-state index contributed by atoms with van der Waals surface area (Å²) in [5.74, 6) is 0.699. The first-order valence-electron chi connectivity index (χ1n) is 6.47. The van der Waals surface area contributed by atoms with Crippen LogP contribution in [-0.2, 0) is 0 Å². The maximum atomic E-state index is 6.09. The van der Waals surface area contributed by atoms with Gasteiger partial charge in [-0.1, -0.05) is 41.4 Å². The molecule has 0 saturated heterocycles. The Morgan fingerprint density at radius 2 is 1.85 bits per heavy atom. The Morgan fingerprint density at radius 1 is 1.10 bits per heavy atom. The summed E-state index contributed by atoms with van der Waals surface area (Å²) in [6, 6.07) is 13.4. The van der Waals surface area contributed by atoms with Crippen LogP contribution in [-0.4, -0.2) is 12.6 Å². The highest BCUT2D eigenvalue weighted by molar-refractivity contribution is 6.32. The second-order valence-electron chi connectivity index (χ2n) is 4.70. The molecule has 0 aromatic heterocycles. The minimum Gasteiger partial charge on any atom is -0.487 e. The van der Waals surface area contributed by atoms with E-state index in [0.29, 0.717) is 17.3 Å². The van der Waals surface area contributed by atoms with Gasteiger partial charge >= 0.3 is 0 Å². The van der Waals surface area contributed by atoms with Gasteiger partial charge in [-0.3, -0.25) is 0 Å². The molecule has 0 fully saturated rings. The molecule has 0 aliphatic rings. The quantitative estimate of drug-likeness (QED) is 0.821. The summed E-state index contributed by atoms with van der Waals surface area (Å²) in [5.41, 5.74) is 2.05. The number of hydrogen-bond acceptors (Lipinski definition) is 2. The van der Waals surface area contributed by atoms with Gasteiger partial charge in [-0.25, -0.2) is 0 Å². The summed E-state index contributed by atoms with van der Waals surface area (Å²) in [4.78, 5) is 0. The predicted octanol–water partition coefficient (Wildman–Crippen LogP) is 5.18. The van der Waals surface area contributed by atoms with Crippen LogP contribution in [0, 0.1) is 6.92 Å². The zero-order chi connectivity index (χ0) is 14.5. The number of benzene rings is 2. The van der Waals surface area contributed by atoms with Crippen LogP contribution in [0.2, 0.25) is 10.0 Å². The average Bonchev–Trinajstić information content (AvgIpc) is 2.43. The van der Waals surface area contributed by atoms with Crippen LogP contribution in [0.4, 0.5) is 5.69 Å². The Kier molecular flexibility index (Phi) is 5.16. The van der Waals surface area contributed by atoms with Crippen molar-refractivity contribution in [1.29, 1.82) is 0 Å². The van der Waals surface area contributed by atoms with Crippen molar-refractivity contribution in [2.45, 2.75) is 20.0 Å². The van der Waals surface area contributed by atoms with E-state index in [1.165, 1.54) is 0 Å². The monoisotopic (exact) mass is 309 g/mol. The van der Waals surface area contributed by atoms with Gasteiger partial charge in [-0.05, 0) is 43.7 Å². The van der Waals surface area contributed by atoms with Gasteiger partial charge in [0.05, 0.1) is 11.6 Å². The first kappa shape index (κ1) is 15.0.